The first-order valence-electron chi connectivity index (χ1n) is 4.78. The van der Waals surface area contributed by atoms with E-state index >= 15 is 0 Å². The molecule has 2 rings (SSSR count). The monoisotopic (exact) mass is 187 g/mol. The highest BCUT2D eigenvalue weighted by molar-refractivity contribution is 5.62. The largest absolute Gasteiger partial charge is 0.242 e. The third kappa shape index (κ3) is 1.50. The Bertz CT molecular complexity index is 377. The van der Waals surface area contributed by atoms with E-state index in [0.717, 1.165) is 11.1 Å². The van der Waals surface area contributed by atoms with E-state index in [2.05, 4.69) is 6.07 Å². The van der Waals surface area contributed by atoms with Crippen molar-refractivity contribution < 1.29 is 4.39 Å². The maximum absolute atomic E-state index is 13.6. The molecule has 0 N–H and O–H groups in total. The maximum Gasteiger partial charge on any atom is 0.129 e. The number of rotatable bonds is 2. The van der Waals surface area contributed by atoms with Crippen LogP contribution in [0, 0.1) is 6.07 Å². The molecule has 1 aliphatic carbocycles. The van der Waals surface area contributed by atoms with E-state index < -0.39 is 6.17 Å². The second-order valence-electron chi connectivity index (χ2n) is 3.39. The lowest BCUT2D eigenvalue weighted by atomic mass is 9.96. The molecule has 1 aromatic carbocycles. The summed E-state index contributed by atoms with van der Waals surface area (Å²) in [7, 11) is 0. The average Bonchev–Trinajstić information content (AvgIpc) is 2.61. The van der Waals surface area contributed by atoms with Crippen LogP contribution in [-0.4, -0.2) is 6.17 Å². The zero-order chi connectivity index (χ0) is 9.97. The normalized spacial score (nSPS) is 21.4. The van der Waals surface area contributed by atoms with Crippen molar-refractivity contribution in [1.82, 2.24) is 0 Å². The first-order valence-corrected chi connectivity index (χ1v) is 4.78. The van der Waals surface area contributed by atoms with Gasteiger partial charge in [0.05, 0.1) is 0 Å². The van der Waals surface area contributed by atoms with Gasteiger partial charge in [-0.25, -0.2) is 4.39 Å². The summed E-state index contributed by atoms with van der Waals surface area (Å²) in [4.78, 5) is 0. The fourth-order valence-corrected chi connectivity index (χ4v) is 1.78. The average molecular weight is 187 g/mol. The Morgan fingerprint density at radius 2 is 2.43 bits per heavy atom. The zero-order valence-corrected chi connectivity index (χ0v) is 8.07. The molecule has 1 heteroatoms. The van der Waals surface area contributed by atoms with Gasteiger partial charge in [0.25, 0.3) is 0 Å². The molecule has 0 nitrogen and oxygen atoms in total. The van der Waals surface area contributed by atoms with E-state index in [1.54, 1.807) is 12.2 Å². The Kier molecular flexibility index (Phi) is 2.49. The molecule has 0 spiro atoms. The van der Waals surface area contributed by atoms with Gasteiger partial charge in [-0.15, -0.1) is 0 Å². The molecule has 14 heavy (non-hydrogen) atoms. The van der Waals surface area contributed by atoms with Gasteiger partial charge in [0.2, 0.25) is 0 Å². The Balaban J connectivity index is 2.30. The Morgan fingerprint density at radius 1 is 1.57 bits per heavy atom. The van der Waals surface area contributed by atoms with Gasteiger partial charge in [0.15, 0.2) is 0 Å². The van der Waals surface area contributed by atoms with E-state index in [-0.39, 0.29) is 5.92 Å². The molecule has 0 bridgehead atoms. The molecule has 0 amide bonds. The van der Waals surface area contributed by atoms with Crippen LogP contribution in [0.2, 0.25) is 0 Å². The van der Waals surface area contributed by atoms with Crippen molar-refractivity contribution in [2.45, 2.75) is 19.0 Å². The number of allylic oxidation sites excluding steroid dienone is 3. The van der Waals surface area contributed by atoms with Gasteiger partial charge < -0.3 is 0 Å². The molecule has 2 unspecified atom stereocenters. The number of fused-ring (bicyclic) bond motifs is 1. The van der Waals surface area contributed by atoms with E-state index in [4.69, 9.17) is 0 Å². The topological polar surface area (TPSA) is 0 Å². The van der Waals surface area contributed by atoms with Crippen LogP contribution in [0.4, 0.5) is 4.39 Å². The molecule has 0 heterocycles. The van der Waals surface area contributed by atoms with Gasteiger partial charge in [-0.1, -0.05) is 42.5 Å². The first-order chi connectivity index (χ1) is 6.83. The highest BCUT2D eigenvalue weighted by Gasteiger charge is 2.23. The lowest BCUT2D eigenvalue weighted by molar-refractivity contribution is 0.373. The van der Waals surface area contributed by atoms with Gasteiger partial charge in [0.1, 0.15) is 6.17 Å². The van der Waals surface area contributed by atoms with E-state index in [1.165, 1.54) is 0 Å². The molecular formula is C13H12F. The molecule has 71 valence electrons. The van der Waals surface area contributed by atoms with Gasteiger partial charge in [-0.2, -0.15) is 0 Å². The van der Waals surface area contributed by atoms with Crippen LogP contribution in [0.15, 0.2) is 36.4 Å². The van der Waals surface area contributed by atoms with Crippen LogP contribution in [0.25, 0.3) is 6.08 Å². The quantitative estimate of drug-likeness (QED) is 0.621. The minimum Gasteiger partial charge on any atom is -0.242 e. The van der Waals surface area contributed by atoms with Crippen molar-refractivity contribution in [3.63, 3.8) is 0 Å². The number of hydrogen-bond acceptors (Lipinski definition) is 0. The number of benzene rings is 1. The summed E-state index contributed by atoms with van der Waals surface area (Å²) >= 11 is 0. The Labute approximate surface area is 83.8 Å². The summed E-state index contributed by atoms with van der Waals surface area (Å²) in [6, 6.07) is 8.82. The van der Waals surface area contributed by atoms with E-state index in [1.807, 2.05) is 37.3 Å². The fraction of sp³-hybridized carbons (Fsp3) is 0.231. The summed E-state index contributed by atoms with van der Waals surface area (Å²) in [5.41, 5.74) is 2.06. The minimum absolute atomic E-state index is 0.126. The van der Waals surface area contributed by atoms with Crippen molar-refractivity contribution in [1.29, 1.82) is 0 Å². The van der Waals surface area contributed by atoms with Crippen LogP contribution >= 0.6 is 0 Å². The molecule has 0 saturated heterocycles. The second-order valence-corrected chi connectivity index (χ2v) is 3.39. The number of hydrogen-bond donors (Lipinski definition) is 0. The first kappa shape index (κ1) is 9.20. The van der Waals surface area contributed by atoms with E-state index in [0.29, 0.717) is 0 Å². The molecule has 2 atom stereocenters. The highest BCUT2D eigenvalue weighted by Crippen LogP contribution is 2.33. The van der Waals surface area contributed by atoms with Gasteiger partial charge in [0, 0.05) is 5.92 Å². The predicted octanol–water partition coefficient (Wildman–Crippen LogP) is 3.51. The molecular weight excluding hydrogens is 175 g/mol. The lowest BCUT2D eigenvalue weighted by Gasteiger charge is -2.12. The SMILES string of the molecule is CC=CC(F)C1C=Cc2[c]cccc21. The summed E-state index contributed by atoms with van der Waals surface area (Å²) in [5.74, 6) is -0.126. The van der Waals surface area contributed by atoms with Crippen molar-refractivity contribution in [2.75, 3.05) is 0 Å². The van der Waals surface area contributed by atoms with Crippen LogP contribution < -0.4 is 0 Å². The Hall–Kier alpha value is -1.37. The lowest BCUT2D eigenvalue weighted by Crippen LogP contribution is -2.07. The minimum atomic E-state index is -0.923. The van der Waals surface area contributed by atoms with Gasteiger partial charge in [-0.3, -0.25) is 0 Å². The zero-order valence-electron chi connectivity index (χ0n) is 8.07. The fourth-order valence-electron chi connectivity index (χ4n) is 1.78. The third-order valence-corrected chi connectivity index (χ3v) is 2.47. The number of halogens is 1. The molecule has 1 aromatic rings. The second kappa shape index (κ2) is 3.79. The maximum atomic E-state index is 13.6. The smallest absolute Gasteiger partial charge is 0.129 e. The highest BCUT2D eigenvalue weighted by atomic mass is 19.1. The van der Waals surface area contributed by atoms with Crippen LogP contribution in [0.1, 0.15) is 24.0 Å². The standard InChI is InChI=1S/C13H12F/c1-2-5-13(14)12-9-8-10-6-3-4-7-11(10)12/h2-5,7-9,12-13H,1H3. The van der Waals surface area contributed by atoms with Crippen molar-refractivity contribution in [3.8, 4) is 0 Å². The van der Waals surface area contributed by atoms with Crippen LogP contribution in [0.3, 0.4) is 0 Å². The summed E-state index contributed by atoms with van der Waals surface area (Å²) < 4.78 is 13.6. The molecule has 0 fully saturated rings. The summed E-state index contributed by atoms with van der Waals surface area (Å²) in [5, 5.41) is 0. The van der Waals surface area contributed by atoms with Crippen molar-refractivity contribution >= 4 is 6.08 Å². The van der Waals surface area contributed by atoms with Crippen LogP contribution in [-0.2, 0) is 0 Å². The third-order valence-electron chi connectivity index (χ3n) is 2.47. The Morgan fingerprint density at radius 3 is 3.21 bits per heavy atom. The molecule has 1 aliphatic rings. The van der Waals surface area contributed by atoms with Crippen molar-refractivity contribution in [3.05, 3.63) is 53.6 Å². The van der Waals surface area contributed by atoms with Gasteiger partial charge in [-0.05, 0) is 24.1 Å². The van der Waals surface area contributed by atoms with Crippen molar-refractivity contribution in [2.24, 2.45) is 0 Å². The molecule has 0 aromatic heterocycles. The summed E-state index contributed by atoms with van der Waals surface area (Å²) in [6.07, 6.45) is 6.27. The van der Waals surface area contributed by atoms with Gasteiger partial charge >= 0.3 is 0 Å². The number of alkyl halides is 1. The predicted molar refractivity (Wildman–Crippen MR) is 56.8 cm³/mol. The summed E-state index contributed by atoms with van der Waals surface area (Å²) in [6.45, 7) is 1.84. The molecule has 0 saturated carbocycles. The van der Waals surface area contributed by atoms with E-state index in [9.17, 15) is 4.39 Å². The molecule has 0 aliphatic heterocycles. The molecule has 1 radical (unpaired) electrons. The van der Waals surface area contributed by atoms with Crippen LogP contribution in [0.5, 0.6) is 0 Å².